The number of benzene rings is 2. The van der Waals surface area contributed by atoms with Crippen molar-refractivity contribution < 1.29 is 4.74 Å². The van der Waals surface area contributed by atoms with Crippen LogP contribution in [0.1, 0.15) is 42.7 Å². The minimum Gasteiger partial charge on any atom is -0.353 e. The van der Waals surface area contributed by atoms with Crippen LogP contribution in [0.5, 0.6) is 0 Å². The van der Waals surface area contributed by atoms with Crippen molar-refractivity contribution >= 4 is 5.70 Å². The van der Waals surface area contributed by atoms with Gasteiger partial charge in [-0.2, -0.15) is 0 Å². The number of ether oxygens (including phenoxy) is 1. The van der Waals surface area contributed by atoms with Crippen LogP contribution in [0, 0.1) is 5.92 Å². The molecular weight excluding hydrogens is 306 g/mol. The smallest absolute Gasteiger partial charge is 0.145 e. The Hall–Kier alpha value is -2.06. The second-order valence-corrected chi connectivity index (χ2v) is 7.55. The zero-order valence-electron chi connectivity index (χ0n) is 14.6. The Bertz CT molecular complexity index is 769. The maximum Gasteiger partial charge on any atom is 0.145 e. The van der Waals surface area contributed by atoms with Crippen LogP contribution in [-0.4, -0.2) is 23.8 Å². The normalized spacial score (nSPS) is 31.2. The van der Waals surface area contributed by atoms with Gasteiger partial charge in [0.15, 0.2) is 0 Å². The average molecular weight is 331 g/mol. The molecular formula is C23H25NO. The number of nitrogens with zero attached hydrogens (tertiary/aromatic N) is 1. The molecule has 2 fully saturated rings. The monoisotopic (exact) mass is 331 g/mol. The molecule has 1 aliphatic carbocycles. The highest BCUT2D eigenvalue weighted by Gasteiger charge is 2.55. The third kappa shape index (κ3) is 2.35. The molecule has 1 spiro atoms. The highest BCUT2D eigenvalue weighted by molar-refractivity contribution is 5.67. The molecule has 1 saturated heterocycles. The zero-order valence-corrected chi connectivity index (χ0v) is 14.6. The molecule has 2 heterocycles. The molecule has 2 aliphatic heterocycles. The molecule has 1 saturated carbocycles. The van der Waals surface area contributed by atoms with E-state index >= 15 is 0 Å². The van der Waals surface area contributed by atoms with E-state index in [0.717, 1.165) is 19.6 Å². The molecule has 25 heavy (non-hydrogen) atoms. The van der Waals surface area contributed by atoms with Gasteiger partial charge in [0, 0.05) is 24.1 Å². The van der Waals surface area contributed by atoms with Gasteiger partial charge < -0.3 is 9.64 Å². The van der Waals surface area contributed by atoms with Crippen molar-refractivity contribution in [2.45, 2.75) is 37.3 Å². The summed E-state index contributed by atoms with van der Waals surface area (Å²) in [6.45, 7) is 1.86. The van der Waals surface area contributed by atoms with Crippen LogP contribution in [0.15, 0.2) is 66.7 Å². The van der Waals surface area contributed by atoms with E-state index in [9.17, 15) is 0 Å². The van der Waals surface area contributed by atoms with E-state index in [4.69, 9.17) is 4.74 Å². The predicted octanol–water partition coefficient (Wildman–Crippen LogP) is 5.04. The van der Waals surface area contributed by atoms with E-state index in [0.29, 0.717) is 11.8 Å². The van der Waals surface area contributed by atoms with Gasteiger partial charge in [-0.15, -0.1) is 0 Å². The van der Waals surface area contributed by atoms with Crippen LogP contribution in [0.3, 0.4) is 0 Å². The average Bonchev–Trinajstić information content (AvgIpc) is 3.11. The Morgan fingerprint density at radius 1 is 0.920 bits per heavy atom. The molecule has 0 bridgehead atoms. The maximum absolute atomic E-state index is 6.54. The largest absolute Gasteiger partial charge is 0.353 e. The molecule has 5 rings (SSSR count). The predicted molar refractivity (Wildman–Crippen MR) is 101 cm³/mol. The Balaban J connectivity index is 1.68. The van der Waals surface area contributed by atoms with Gasteiger partial charge in [0.1, 0.15) is 5.72 Å². The molecule has 3 atom stereocenters. The van der Waals surface area contributed by atoms with Gasteiger partial charge in [-0.1, -0.05) is 73.2 Å². The van der Waals surface area contributed by atoms with E-state index < -0.39 is 0 Å². The molecule has 0 amide bonds. The van der Waals surface area contributed by atoms with Crippen molar-refractivity contribution in [1.82, 2.24) is 4.90 Å². The van der Waals surface area contributed by atoms with Gasteiger partial charge in [0.25, 0.3) is 0 Å². The molecule has 2 nitrogen and oxygen atoms in total. The summed E-state index contributed by atoms with van der Waals surface area (Å²) in [6, 6.07) is 21.9. The van der Waals surface area contributed by atoms with Crippen LogP contribution in [0.4, 0.5) is 0 Å². The number of hydrogen-bond donors (Lipinski definition) is 0. The summed E-state index contributed by atoms with van der Waals surface area (Å²) in [5.74, 6) is 0.990. The highest BCUT2D eigenvalue weighted by Crippen LogP contribution is 2.55. The molecule has 2 heteroatoms. The molecule has 3 aliphatic rings. The first kappa shape index (κ1) is 15.2. The molecule has 0 N–H and O–H groups in total. The summed E-state index contributed by atoms with van der Waals surface area (Å²) in [7, 11) is 0. The summed E-state index contributed by atoms with van der Waals surface area (Å²) >= 11 is 0. The van der Waals surface area contributed by atoms with Crippen LogP contribution in [-0.2, 0) is 4.74 Å². The molecule has 0 unspecified atom stereocenters. The van der Waals surface area contributed by atoms with Crippen molar-refractivity contribution in [1.29, 1.82) is 0 Å². The van der Waals surface area contributed by atoms with E-state index in [2.05, 4.69) is 71.6 Å². The quantitative estimate of drug-likeness (QED) is 0.764. The second-order valence-electron chi connectivity index (χ2n) is 7.55. The van der Waals surface area contributed by atoms with Crippen LogP contribution in [0.2, 0.25) is 0 Å². The fourth-order valence-corrected chi connectivity index (χ4v) is 5.27. The van der Waals surface area contributed by atoms with E-state index in [1.54, 1.807) is 0 Å². The standard InChI is InChI=1S/C23H25NO/c1-3-9-18(10-4-1)20-17-22(19-11-5-2-6-12-19)24-15-16-25-23(24)14-8-7-13-21(20)23/h1-6,9-12,17,20-21H,7-8,13-16H2/t20-,21+,23-/m1/s1. The van der Waals surface area contributed by atoms with Crippen molar-refractivity contribution in [3.8, 4) is 0 Å². The van der Waals surface area contributed by atoms with Crippen LogP contribution < -0.4 is 0 Å². The molecule has 128 valence electrons. The van der Waals surface area contributed by atoms with Gasteiger partial charge in [-0.05, 0) is 30.4 Å². The SMILES string of the molecule is C1=C(c2ccccc2)N2CCO[C@@]23CCCC[C@H]3[C@H]1c1ccccc1. The van der Waals surface area contributed by atoms with Crippen molar-refractivity contribution in [3.63, 3.8) is 0 Å². The van der Waals surface area contributed by atoms with Gasteiger partial charge in [-0.3, -0.25) is 0 Å². The van der Waals surface area contributed by atoms with E-state index in [1.807, 2.05) is 0 Å². The number of allylic oxidation sites excluding steroid dienone is 1. The summed E-state index contributed by atoms with van der Waals surface area (Å²) < 4.78 is 6.54. The lowest BCUT2D eigenvalue weighted by Gasteiger charge is -2.53. The van der Waals surface area contributed by atoms with E-state index in [1.165, 1.54) is 36.1 Å². The first-order valence-corrected chi connectivity index (χ1v) is 9.62. The van der Waals surface area contributed by atoms with Gasteiger partial charge in [-0.25, -0.2) is 0 Å². The molecule has 0 radical (unpaired) electrons. The zero-order chi connectivity index (χ0) is 16.7. The van der Waals surface area contributed by atoms with Crippen molar-refractivity contribution in [2.24, 2.45) is 5.92 Å². The first-order chi connectivity index (χ1) is 12.4. The lowest BCUT2D eigenvalue weighted by molar-refractivity contribution is -0.136. The molecule has 0 aromatic heterocycles. The fourth-order valence-electron chi connectivity index (χ4n) is 5.27. The van der Waals surface area contributed by atoms with Crippen molar-refractivity contribution in [3.05, 3.63) is 77.9 Å². The minimum absolute atomic E-state index is 0.0985. The van der Waals surface area contributed by atoms with Gasteiger partial charge in [0.2, 0.25) is 0 Å². The lowest BCUT2D eigenvalue weighted by Crippen LogP contribution is -2.55. The lowest BCUT2D eigenvalue weighted by atomic mass is 9.68. The summed E-state index contributed by atoms with van der Waals surface area (Å²) in [6.07, 6.45) is 7.53. The Kier molecular flexibility index (Phi) is 3.67. The Morgan fingerprint density at radius 2 is 1.68 bits per heavy atom. The molecule has 2 aromatic rings. The number of hydrogen-bond acceptors (Lipinski definition) is 2. The summed E-state index contributed by atoms with van der Waals surface area (Å²) in [5, 5.41) is 0. The Morgan fingerprint density at radius 3 is 2.48 bits per heavy atom. The third-order valence-electron chi connectivity index (χ3n) is 6.32. The van der Waals surface area contributed by atoms with Crippen LogP contribution >= 0.6 is 0 Å². The van der Waals surface area contributed by atoms with Crippen molar-refractivity contribution in [2.75, 3.05) is 13.2 Å². The fraction of sp³-hybridized carbons (Fsp3) is 0.391. The Labute approximate surface area is 150 Å². The van der Waals surface area contributed by atoms with Gasteiger partial charge >= 0.3 is 0 Å². The first-order valence-electron chi connectivity index (χ1n) is 9.62. The third-order valence-corrected chi connectivity index (χ3v) is 6.32. The minimum atomic E-state index is -0.0985. The summed E-state index contributed by atoms with van der Waals surface area (Å²) in [4.78, 5) is 2.59. The topological polar surface area (TPSA) is 12.5 Å². The number of rotatable bonds is 2. The highest BCUT2D eigenvalue weighted by atomic mass is 16.5. The maximum atomic E-state index is 6.54. The summed E-state index contributed by atoms with van der Waals surface area (Å²) in [5.41, 5.74) is 4.01. The van der Waals surface area contributed by atoms with Crippen LogP contribution in [0.25, 0.3) is 5.70 Å². The van der Waals surface area contributed by atoms with E-state index in [-0.39, 0.29) is 5.72 Å². The second kappa shape index (κ2) is 6.03. The molecule has 2 aromatic carbocycles. The van der Waals surface area contributed by atoms with Gasteiger partial charge in [0.05, 0.1) is 6.61 Å².